The van der Waals surface area contributed by atoms with Crippen molar-refractivity contribution in [3.8, 4) is 0 Å². The number of urea groups is 1. The van der Waals surface area contributed by atoms with Crippen LogP contribution in [0.2, 0.25) is 5.02 Å². The Kier molecular flexibility index (Phi) is 4.81. The minimum atomic E-state index is -0.550. The molecule has 9 heteroatoms. The third kappa shape index (κ3) is 3.66. The lowest BCUT2D eigenvalue weighted by Crippen LogP contribution is -2.35. The Labute approximate surface area is 159 Å². The summed E-state index contributed by atoms with van der Waals surface area (Å²) in [5.74, 6) is -0.195. The largest absolute Gasteiger partial charge is 0.363 e. The second kappa shape index (κ2) is 7.40. The molecule has 0 bridgehead atoms. The summed E-state index contributed by atoms with van der Waals surface area (Å²) < 4.78 is 18.2. The summed E-state index contributed by atoms with van der Waals surface area (Å²) in [4.78, 5) is 14.3. The van der Waals surface area contributed by atoms with Crippen LogP contribution in [-0.4, -0.2) is 21.4 Å². The van der Waals surface area contributed by atoms with E-state index in [-0.39, 0.29) is 11.6 Å². The Morgan fingerprint density at radius 2 is 2.19 bits per heavy atom. The third-order valence-corrected chi connectivity index (χ3v) is 4.86. The van der Waals surface area contributed by atoms with Crippen molar-refractivity contribution >= 4 is 29.1 Å². The lowest BCUT2D eigenvalue weighted by molar-refractivity contribution is 0.256. The summed E-state index contributed by atoms with van der Waals surface area (Å²) in [6, 6.07) is 5.14. The first-order valence-electron chi connectivity index (χ1n) is 8.61. The number of hydrogen-bond acceptors (Lipinski definition) is 4. The van der Waals surface area contributed by atoms with Gasteiger partial charge >= 0.3 is 6.03 Å². The third-order valence-electron chi connectivity index (χ3n) is 4.57. The maximum absolute atomic E-state index is 13.3. The Bertz CT molecular complexity index is 957. The highest BCUT2D eigenvalue weighted by atomic mass is 35.5. The van der Waals surface area contributed by atoms with Crippen LogP contribution in [0.1, 0.15) is 29.8 Å². The van der Waals surface area contributed by atoms with Gasteiger partial charge in [-0.15, -0.1) is 0 Å². The van der Waals surface area contributed by atoms with Gasteiger partial charge in [-0.25, -0.2) is 9.18 Å². The van der Waals surface area contributed by atoms with Crippen molar-refractivity contribution < 1.29 is 13.7 Å². The minimum Gasteiger partial charge on any atom is -0.363 e. The molecule has 0 fully saturated rings. The zero-order valence-corrected chi connectivity index (χ0v) is 15.1. The first kappa shape index (κ1) is 17.5. The van der Waals surface area contributed by atoms with Gasteiger partial charge in [0.2, 0.25) is 0 Å². The first-order valence-corrected chi connectivity index (χ1v) is 8.98. The average molecular weight is 390 g/mol. The fourth-order valence-electron chi connectivity index (χ4n) is 3.20. The number of aromatic nitrogens is 3. The average Bonchev–Trinajstić information content (AvgIpc) is 3.32. The van der Waals surface area contributed by atoms with Gasteiger partial charge in [-0.2, -0.15) is 5.10 Å². The van der Waals surface area contributed by atoms with Crippen molar-refractivity contribution in [3.05, 3.63) is 58.3 Å². The molecule has 0 radical (unpaired) electrons. The molecule has 0 unspecified atom stereocenters. The summed E-state index contributed by atoms with van der Waals surface area (Å²) in [7, 11) is 0. The van der Waals surface area contributed by atoms with Crippen LogP contribution in [0.4, 0.5) is 20.7 Å². The van der Waals surface area contributed by atoms with Gasteiger partial charge in [-0.05, 0) is 49.4 Å². The van der Waals surface area contributed by atoms with E-state index < -0.39 is 11.8 Å². The molecule has 2 amide bonds. The smallest absolute Gasteiger partial charge is 0.327 e. The minimum absolute atomic E-state index is 0.0674. The summed E-state index contributed by atoms with van der Waals surface area (Å²) in [5.41, 5.74) is 3.47. The number of H-pyrrole nitrogens is 1. The maximum atomic E-state index is 13.3. The number of carbonyl (C=O) groups is 1. The lowest BCUT2D eigenvalue weighted by atomic mass is 9.96. The van der Waals surface area contributed by atoms with Gasteiger partial charge in [0, 0.05) is 17.4 Å². The molecule has 0 saturated carbocycles. The number of aromatic amines is 1. The number of nitrogens with zero attached hydrogens (tertiary/aromatic N) is 3. The Hall–Kier alpha value is -2.87. The molecule has 0 atom stereocenters. The molecular weight excluding hydrogens is 373 g/mol. The van der Waals surface area contributed by atoms with Crippen molar-refractivity contribution in [2.75, 3.05) is 10.2 Å². The number of hydrogen-bond donors (Lipinski definition) is 2. The number of anilines is 2. The summed E-state index contributed by atoms with van der Waals surface area (Å²) in [6.45, 7) is 0.235. The number of halogens is 2. The molecule has 0 spiro atoms. The summed E-state index contributed by atoms with van der Waals surface area (Å²) in [5, 5.41) is 14.0. The lowest BCUT2D eigenvalue weighted by Gasteiger charge is -2.21. The molecule has 27 heavy (non-hydrogen) atoms. The second-order valence-corrected chi connectivity index (χ2v) is 6.74. The molecular formula is C18H17ClFN5O2. The summed E-state index contributed by atoms with van der Waals surface area (Å²) in [6.07, 6.45) is 5.52. The molecule has 2 N–H and O–H groups in total. The normalized spacial score (nSPS) is 13.3. The number of fused-ring (bicyclic) bond motifs is 1. The predicted octanol–water partition coefficient (Wildman–Crippen LogP) is 4.31. The van der Waals surface area contributed by atoms with Crippen LogP contribution < -0.4 is 10.2 Å². The van der Waals surface area contributed by atoms with Crippen LogP contribution in [-0.2, 0) is 19.4 Å². The number of benzene rings is 1. The molecule has 1 aliphatic carbocycles. The fourth-order valence-corrected chi connectivity index (χ4v) is 3.38. The molecule has 3 aromatic rings. The second-order valence-electron chi connectivity index (χ2n) is 6.34. The van der Waals surface area contributed by atoms with Crippen LogP contribution in [0, 0.1) is 5.82 Å². The van der Waals surface area contributed by atoms with Gasteiger partial charge in [-0.3, -0.25) is 10.00 Å². The van der Waals surface area contributed by atoms with Gasteiger partial charge in [0.25, 0.3) is 0 Å². The monoisotopic (exact) mass is 389 g/mol. The highest BCUT2D eigenvalue weighted by Crippen LogP contribution is 2.25. The molecule has 2 aromatic heterocycles. The summed E-state index contributed by atoms with van der Waals surface area (Å²) >= 11 is 5.79. The van der Waals surface area contributed by atoms with E-state index in [1.807, 2.05) is 0 Å². The van der Waals surface area contributed by atoms with Crippen molar-refractivity contribution in [2.45, 2.75) is 32.2 Å². The fraction of sp³-hybridized carbons (Fsp3) is 0.278. The van der Waals surface area contributed by atoms with E-state index in [1.54, 1.807) is 6.07 Å². The Balaban J connectivity index is 1.58. The van der Waals surface area contributed by atoms with Gasteiger partial charge < -0.3 is 9.84 Å². The topological polar surface area (TPSA) is 87.0 Å². The molecule has 7 nitrogen and oxygen atoms in total. The van der Waals surface area contributed by atoms with E-state index in [9.17, 15) is 9.18 Å². The van der Waals surface area contributed by atoms with Crippen LogP contribution in [0.25, 0.3) is 0 Å². The zero-order chi connectivity index (χ0) is 18.8. The molecule has 1 aliphatic rings. The van der Waals surface area contributed by atoms with Gasteiger partial charge in [0.05, 0.1) is 17.3 Å². The molecule has 1 aromatic carbocycles. The first-order chi connectivity index (χ1) is 13.1. The van der Waals surface area contributed by atoms with Crippen LogP contribution in [0.15, 0.2) is 35.1 Å². The molecule has 0 aliphatic heterocycles. The van der Waals surface area contributed by atoms with Crippen molar-refractivity contribution in [1.82, 2.24) is 15.4 Å². The number of nitrogens with one attached hydrogen (secondary N) is 2. The van der Waals surface area contributed by atoms with Crippen LogP contribution in [0.5, 0.6) is 0 Å². The maximum Gasteiger partial charge on any atom is 0.327 e. The SMILES string of the molecule is O=C(Nc1ccc(F)c(Cl)c1)N(Cc1n[nH]c2c1CCCC2)c1ccon1. The van der Waals surface area contributed by atoms with Crippen LogP contribution in [0.3, 0.4) is 0 Å². The van der Waals surface area contributed by atoms with Gasteiger partial charge in [0.15, 0.2) is 5.82 Å². The van der Waals surface area contributed by atoms with E-state index >= 15 is 0 Å². The highest BCUT2D eigenvalue weighted by molar-refractivity contribution is 6.31. The molecule has 140 valence electrons. The van der Waals surface area contributed by atoms with E-state index in [2.05, 4.69) is 20.7 Å². The van der Waals surface area contributed by atoms with Crippen molar-refractivity contribution in [1.29, 1.82) is 0 Å². The Morgan fingerprint density at radius 3 is 2.96 bits per heavy atom. The van der Waals surface area contributed by atoms with E-state index in [0.29, 0.717) is 11.5 Å². The van der Waals surface area contributed by atoms with E-state index in [1.165, 1.54) is 29.4 Å². The molecule has 4 rings (SSSR count). The number of amides is 2. The van der Waals surface area contributed by atoms with Gasteiger partial charge in [0.1, 0.15) is 12.1 Å². The highest BCUT2D eigenvalue weighted by Gasteiger charge is 2.24. The van der Waals surface area contributed by atoms with Gasteiger partial charge in [-0.1, -0.05) is 16.8 Å². The molecule has 2 heterocycles. The number of carbonyl (C=O) groups excluding carboxylic acids is 1. The molecule has 0 saturated heterocycles. The van der Waals surface area contributed by atoms with Crippen molar-refractivity contribution in [3.63, 3.8) is 0 Å². The number of aryl methyl sites for hydroxylation is 1. The Morgan fingerprint density at radius 1 is 1.33 bits per heavy atom. The zero-order valence-electron chi connectivity index (χ0n) is 14.3. The predicted molar refractivity (Wildman–Crippen MR) is 98.3 cm³/mol. The van der Waals surface area contributed by atoms with E-state index in [0.717, 1.165) is 42.6 Å². The quantitative estimate of drug-likeness (QED) is 0.696. The van der Waals surface area contributed by atoms with Crippen LogP contribution >= 0.6 is 11.6 Å². The number of rotatable bonds is 4. The van der Waals surface area contributed by atoms with Crippen molar-refractivity contribution in [2.24, 2.45) is 0 Å². The van der Waals surface area contributed by atoms with E-state index in [4.69, 9.17) is 16.1 Å². The standard InChI is InChI=1S/C18H17ClFN5O2/c19-13-9-11(5-6-14(13)20)21-18(26)25(17-7-8-27-24-17)10-16-12-3-1-2-4-15(12)22-23-16/h5-9H,1-4,10H2,(H,21,26)(H,22,23).